The minimum absolute atomic E-state index is 0.149. The lowest BCUT2D eigenvalue weighted by Crippen LogP contribution is -2.35. The highest BCUT2D eigenvalue weighted by atomic mass is 79.9. The number of anilines is 1. The Morgan fingerprint density at radius 3 is 2.77 bits per heavy atom. The lowest BCUT2D eigenvalue weighted by atomic mass is 9.97. The second kappa shape index (κ2) is 11.0. The van der Waals surface area contributed by atoms with Gasteiger partial charge in [0, 0.05) is 53.9 Å². The van der Waals surface area contributed by atoms with E-state index in [1.807, 2.05) is 12.1 Å². The molecule has 0 spiro atoms. The van der Waals surface area contributed by atoms with E-state index < -0.39 is 5.97 Å². The fraction of sp³-hybridized carbons (Fsp3) is 0.364. The maximum absolute atomic E-state index is 11.8. The number of piperidine rings is 1. The van der Waals surface area contributed by atoms with Crippen LogP contribution in [-0.4, -0.2) is 55.5 Å². The minimum Gasteiger partial charge on any atom is -0.471 e. The van der Waals surface area contributed by atoms with E-state index in [1.165, 1.54) is 19.4 Å². The van der Waals surface area contributed by atoms with Crippen LogP contribution in [0.25, 0.3) is 0 Å². The summed E-state index contributed by atoms with van der Waals surface area (Å²) in [6, 6.07) is 9.26. The first-order chi connectivity index (χ1) is 15.0. The van der Waals surface area contributed by atoms with Crippen molar-refractivity contribution in [2.75, 3.05) is 31.7 Å². The number of hydrogen-bond acceptors (Lipinski definition) is 8. The summed E-state index contributed by atoms with van der Waals surface area (Å²) in [7, 11) is 1.30. The fourth-order valence-corrected chi connectivity index (χ4v) is 3.82. The Labute approximate surface area is 189 Å². The molecule has 9 heteroatoms. The van der Waals surface area contributed by atoms with E-state index in [1.54, 1.807) is 6.07 Å². The highest BCUT2D eigenvalue weighted by Gasteiger charge is 2.21. The zero-order chi connectivity index (χ0) is 22.2. The Bertz CT molecular complexity index is 958. The van der Waals surface area contributed by atoms with Gasteiger partial charge < -0.3 is 19.5 Å². The van der Waals surface area contributed by atoms with Gasteiger partial charge in [0.05, 0.1) is 7.11 Å². The molecule has 0 atom stereocenters. The number of esters is 1. The fourth-order valence-electron chi connectivity index (χ4n) is 3.47. The van der Waals surface area contributed by atoms with Gasteiger partial charge in [-0.2, -0.15) is 5.10 Å². The molecule has 2 heterocycles. The van der Waals surface area contributed by atoms with E-state index in [-0.39, 0.29) is 24.8 Å². The summed E-state index contributed by atoms with van der Waals surface area (Å²) in [5.74, 6) is 0.0425. The number of methoxy groups -OCH3 is 1. The van der Waals surface area contributed by atoms with Crippen molar-refractivity contribution in [1.82, 2.24) is 4.98 Å². The molecule has 0 aliphatic carbocycles. The lowest BCUT2D eigenvalue weighted by Gasteiger charge is -2.34. The van der Waals surface area contributed by atoms with E-state index in [4.69, 9.17) is 9.47 Å². The van der Waals surface area contributed by atoms with E-state index in [2.05, 4.69) is 48.8 Å². The predicted molar refractivity (Wildman–Crippen MR) is 123 cm³/mol. The molecule has 1 N–H and O–H groups in total. The van der Waals surface area contributed by atoms with Gasteiger partial charge in [-0.1, -0.05) is 22.0 Å². The number of nitrogens with zero attached hydrogens (tertiary/aromatic N) is 4. The van der Waals surface area contributed by atoms with E-state index in [0.717, 1.165) is 41.7 Å². The summed E-state index contributed by atoms with van der Waals surface area (Å²) in [4.78, 5) is 18.1. The summed E-state index contributed by atoms with van der Waals surface area (Å²) in [5.41, 5.74) is 2.76. The minimum atomic E-state index is -0.547. The van der Waals surface area contributed by atoms with E-state index >= 15 is 0 Å². The van der Waals surface area contributed by atoms with E-state index in [9.17, 15) is 9.90 Å². The topological polar surface area (TPSA) is 96.6 Å². The number of ether oxygens (including phenoxy) is 2. The monoisotopic (exact) mass is 488 g/mol. The first-order valence-electron chi connectivity index (χ1n) is 9.91. The van der Waals surface area contributed by atoms with Crippen LogP contribution in [0.15, 0.2) is 51.2 Å². The van der Waals surface area contributed by atoms with Crippen molar-refractivity contribution in [3.8, 4) is 0 Å². The Kier molecular flexibility index (Phi) is 8.13. The third-order valence-electron chi connectivity index (χ3n) is 5.19. The zero-order valence-electron chi connectivity index (χ0n) is 17.3. The van der Waals surface area contributed by atoms with Gasteiger partial charge >= 0.3 is 5.97 Å². The SMILES string of the molecule is C=N/N=C(\OCc1ccc(Br)cc1N1CCC(CO)CC1)c1ccnc(C(=O)OC)c1. The average molecular weight is 489 g/mol. The normalized spacial score (nSPS) is 14.9. The number of carbonyl (C=O) groups excluding carboxylic acids is 1. The quantitative estimate of drug-likeness (QED) is 0.277. The summed E-state index contributed by atoms with van der Waals surface area (Å²) < 4.78 is 11.7. The first-order valence-corrected chi connectivity index (χ1v) is 10.7. The molecule has 0 bridgehead atoms. The molecule has 1 aliphatic heterocycles. The molecule has 8 nitrogen and oxygen atoms in total. The molecule has 2 aromatic rings. The van der Waals surface area contributed by atoms with Crippen molar-refractivity contribution in [2.45, 2.75) is 19.4 Å². The highest BCUT2D eigenvalue weighted by Crippen LogP contribution is 2.30. The number of hydrogen-bond donors (Lipinski definition) is 1. The third-order valence-corrected chi connectivity index (χ3v) is 5.68. The number of rotatable bonds is 7. The first kappa shape index (κ1) is 22.9. The van der Waals surface area contributed by atoms with Crippen molar-refractivity contribution < 1.29 is 19.4 Å². The van der Waals surface area contributed by atoms with Crippen molar-refractivity contribution in [1.29, 1.82) is 0 Å². The molecule has 0 amide bonds. The van der Waals surface area contributed by atoms with Crippen LogP contribution < -0.4 is 4.90 Å². The molecule has 1 aromatic heterocycles. The molecular weight excluding hydrogens is 464 g/mol. The number of pyridine rings is 1. The smallest absolute Gasteiger partial charge is 0.356 e. The van der Waals surface area contributed by atoms with Gasteiger partial charge in [0.2, 0.25) is 5.90 Å². The molecule has 0 unspecified atom stereocenters. The standard InChI is InChI=1S/C22H25BrN4O4/c1-24-26-21(16-5-8-25-19(11-16)22(29)30-2)31-14-17-3-4-18(23)12-20(17)27-9-6-15(13-28)7-10-27/h3-5,8,11-12,15,28H,1,6-7,9-10,13-14H2,2H3/b26-21-. The average Bonchev–Trinajstić information content (AvgIpc) is 2.82. The molecule has 0 radical (unpaired) electrons. The van der Waals surface area contributed by atoms with Crippen molar-refractivity contribution in [2.24, 2.45) is 16.1 Å². The van der Waals surface area contributed by atoms with Crippen LogP contribution in [0.4, 0.5) is 5.69 Å². The molecular formula is C22H25BrN4O4. The van der Waals surface area contributed by atoms with Gasteiger partial charge in [0.25, 0.3) is 0 Å². The Morgan fingerprint density at radius 2 is 2.10 bits per heavy atom. The van der Waals surface area contributed by atoms with Gasteiger partial charge in [0.15, 0.2) is 0 Å². The van der Waals surface area contributed by atoms with Gasteiger partial charge in [-0.25, -0.2) is 9.78 Å². The highest BCUT2D eigenvalue weighted by molar-refractivity contribution is 9.10. The van der Waals surface area contributed by atoms with Crippen LogP contribution >= 0.6 is 15.9 Å². The van der Waals surface area contributed by atoms with Crippen LogP contribution in [0.1, 0.15) is 34.5 Å². The van der Waals surface area contributed by atoms with Crippen LogP contribution in [0.3, 0.4) is 0 Å². The number of benzene rings is 1. The number of carbonyl (C=O) groups is 1. The number of halogens is 1. The second-order valence-corrected chi connectivity index (χ2v) is 8.06. The third kappa shape index (κ3) is 5.89. The van der Waals surface area contributed by atoms with Crippen LogP contribution in [0, 0.1) is 5.92 Å². The van der Waals surface area contributed by atoms with Gasteiger partial charge in [-0.3, -0.25) is 0 Å². The summed E-state index contributed by atoms with van der Waals surface area (Å²) in [5, 5.41) is 17.0. The predicted octanol–water partition coefficient (Wildman–Crippen LogP) is 3.42. The maximum Gasteiger partial charge on any atom is 0.356 e. The van der Waals surface area contributed by atoms with E-state index in [0.29, 0.717) is 11.5 Å². The molecule has 1 saturated heterocycles. The van der Waals surface area contributed by atoms with Crippen molar-refractivity contribution in [3.05, 3.63) is 57.8 Å². The summed E-state index contributed by atoms with van der Waals surface area (Å²) in [6.45, 7) is 5.65. The lowest BCUT2D eigenvalue weighted by molar-refractivity contribution is 0.0594. The summed E-state index contributed by atoms with van der Waals surface area (Å²) in [6.07, 6.45) is 3.38. The molecule has 3 rings (SSSR count). The molecule has 0 saturated carbocycles. The molecule has 31 heavy (non-hydrogen) atoms. The van der Waals surface area contributed by atoms with Gasteiger partial charge in [-0.05, 0) is 43.0 Å². The number of aliphatic hydroxyl groups is 1. The second-order valence-electron chi connectivity index (χ2n) is 7.14. The van der Waals surface area contributed by atoms with Crippen LogP contribution in [-0.2, 0) is 16.1 Å². The molecule has 164 valence electrons. The van der Waals surface area contributed by atoms with Crippen LogP contribution in [0.2, 0.25) is 0 Å². The number of aromatic nitrogens is 1. The summed E-state index contributed by atoms with van der Waals surface area (Å²) >= 11 is 3.55. The Hall–Kier alpha value is -2.78. The van der Waals surface area contributed by atoms with Gasteiger partial charge in [-0.15, -0.1) is 5.10 Å². The Balaban J connectivity index is 1.80. The van der Waals surface area contributed by atoms with Crippen LogP contribution in [0.5, 0.6) is 0 Å². The largest absolute Gasteiger partial charge is 0.471 e. The Morgan fingerprint density at radius 1 is 1.32 bits per heavy atom. The van der Waals surface area contributed by atoms with Crippen molar-refractivity contribution in [3.63, 3.8) is 0 Å². The molecule has 1 fully saturated rings. The molecule has 1 aliphatic rings. The maximum atomic E-state index is 11.8. The zero-order valence-corrected chi connectivity index (χ0v) is 18.9. The molecule has 1 aromatic carbocycles. The van der Waals surface area contributed by atoms with Crippen molar-refractivity contribution >= 4 is 40.2 Å². The number of aliphatic hydroxyl groups excluding tert-OH is 1. The van der Waals surface area contributed by atoms with Gasteiger partial charge in [0.1, 0.15) is 12.3 Å².